The highest BCUT2D eigenvalue weighted by atomic mass is 16.5. The molecule has 0 saturated carbocycles. The van der Waals surface area contributed by atoms with Gasteiger partial charge in [0.05, 0.1) is 12.7 Å². The fraction of sp³-hybridized carbons (Fsp3) is 0.800. The maximum absolute atomic E-state index is 11.2. The van der Waals surface area contributed by atoms with Gasteiger partial charge in [-0.3, -0.25) is 9.59 Å². The normalized spacial score (nSPS) is 11.9. The largest absolute Gasteiger partial charge is 0.465 e. The molecular weight excluding hydrogens is 198 g/mol. The molecule has 0 spiro atoms. The minimum atomic E-state index is -0.411. The van der Waals surface area contributed by atoms with E-state index in [0.29, 0.717) is 19.4 Å². The first-order valence-electron chi connectivity index (χ1n) is 5.05. The van der Waals surface area contributed by atoms with Gasteiger partial charge in [-0.1, -0.05) is 0 Å². The minimum absolute atomic E-state index is 0.0540. The number of amides is 1. The van der Waals surface area contributed by atoms with Crippen molar-refractivity contribution in [2.45, 2.75) is 32.8 Å². The molecular formula is C10H19NO4. The Hall–Kier alpha value is -1.10. The van der Waals surface area contributed by atoms with E-state index >= 15 is 0 Å². The molecule has 0 heterocycles. The Bertz CT molecular complexity index is 206. The molecule has 0 aromatic carbocycles. The molecule has 0 bridgehead atoms. The average Bonchev–Trinajstić information content (AvgIpc) is 2.23. The highest BCUT2D eigenvalue weighted by Gasteiger charge is 2.07. The quantitative estimate of drug-likeness (QED) is 0.630. The van der Waals surface area contributed by atoms with Crippen LogP contribution >= 0.6 is 0 Å². The Morgan fingerprint density at radius 2 is 2.07 bits per heavy atom. The molecule has 0 rings (SSSR count). The molecule has 1 atom stereocenters. The van der Waals surface area contributed by atoms with Crippen LogP contribution in [0.1, 0.15) is 26.7 Å². The van der Waals surface area contributed by atoms with Crippen LogP contribution in [0.3, 0.4) is 0 Å². The molecule has 1 amide bonds. The van der Waals surface area contributed by atoms with Crippen molar-refractivity contribution in [3.05, 3.63) is 0 Å². The van der Waals surface area contributed by atoms with Crippen LogP contribution in [-0.4, -0.2) is 38.2 Å². The van der Waals surface area contributed by atoms with Crippen LogP contribution in [0, 0.1) is 0 Å². The van der Waals surface area contributed by atoms with Crippen molar-refractivity contribution < 1.29 is 19.1 Å². The second kappa shape index (κ2) is 8.23. The van der Waals surface area contributed by atoms with Crippen LogP contribution in [0.5, 0.6) is 0 Å². The first-order valence-corrected chi connectivity index (χ1v) is 5.05. The number of esters is 1. The van der Waals surface area contributed by atoms with E-state index in [4.69, 9.17) is 4.74 Å². The number of hydrogen-bond donors (Lipinski definition) is 1. The summed E-state index contributed by atoms with van der Waals surface area (Å²) in [4.78, 5) is 22.1. The van der Waals surface area contributed by atoms with Crippen molar-refractivity contribution in [1.82, 2.24) is 5.32 Å². The van der Waals surface area contributed by atoms with Gasteiger partial charge in [-0.25, -0.2) is 0 Å². The van der Waals surface area contributed by atoms with Crippen molar-refractivity contribution in [3.63, 3.8) is 0 Å². The summed E-state index contributed by atoms with van der Waals surface area (Å²) in [5, 5.41) is 2.48. The molecule has 1 N–H and O–H groups in total. The lowest BCUT2D eigenvalue weighted by molar-refractivity contribution is -0.143. The van der Waals surface area contributed by atoms with E-state index in [1.54, 1.807) is 14.0 Å². The van der Waals surface area contributed by atoms with Crippen LogP contribution in [0.15, 0.2) is 0 Å². The number of carbonyl (C=O) groups excluding carboxylic acids is 2. The lowest BCUT2D eigenvalue weighted by Crippen LogP contribution is -2.31. The second-order valence-electron chi connectivity index (χ2n) is 3.17. The molecule has 0 aliphatic heterocycles. The Kier molecular flexibility index (Phi) is 7.62. The standard InChI is InChI=1S/C10H19NO4/c1-4-15-10(13)7-11-9(12)6-5-8(2)14-3/h8H,4-7H2,1-3H3,(H,11,12). The molecule has 0 saturated heterocycles. The van der Waals surface area contributed by atoms with Crippen molar-refractivity contribution in [2.75, 3.05) is 20.3 Å². The highest BCUT2D eigenvalue weighted by Crippen LogP contribution is 1.99. The van der Waals surface area contributed by atoms with Crippen LogP contribution in [-0.2, 0) is 19.1 Å². The molecule has 0 aliphatic carbocycles. The molecule has 0 aliphatic rings. The third-order valence-corrected chi connectivity index (χ3v) is 1.92. The zero-order valence-corrected chi connectivity index (χ0v) is 9.54. The molecule has 88 valence electrons. The molecule has 0 aromatic heterocycles. The topological polar surface area (TPSA) is 64.6 Å². The number of methoxy groups -OCH3 is 1. The summed E-state index contributed by atoms with van der Waals surface area (Å²) in [5.41, 5.74) is 0. The van der Waals surface area contributed by atoms with Crippen LogP contribution < -0.4 is 5.32 Å². The van der Waals surface area contributed by atoms with Crippen LogP contribution in [0.25, 0.3) is 0 Å². The van der Waals surface area contributed by atoms with Gasteiger partial charge in [0.15, 0.2) is 0 Å². The summed E-state index contributed by atoms with van der Waals surface area (Å²) in [5.74, 6) is -0.572. The van der Waals surface area contributed by atoms with Crippen molar-refractivity contribution >= 4 is 11.9 Å². The van der Waals surface area contributed by atoms with E-state index in [9.17, 15) is 9.59 Å². The van der Waals surface area contributed by atoms with Gasteiger partial charge in [0.25, 0.3) is 0 Å². The summed E-state index contributed by atoms with van der Waals surface area (Å²) in [6.45, 7) is 3.88. The van der Waals surface area contributed by atoms with Crippen molar-refractivity contribution in [3.8, 4) is 0 Å². The van der Waals surface area contributed by atoms with Gasteiger partial charge >= 0.3 is 5.97 Å². The SMILES string of the molecule is CCOC(=O)CNC(=O)CCC(C)OC. The van der Waals surface area contributed by atoms with Gasteiger partial charge in [0.1, 0.15) is 6.54 Å². The van der Waals surface area contributed by atoms with E-state index in [1.807, 2.05) is 6.92 Å². The molecule has 0 fully saturated rings. The van der Waals surface area contributed by atoms with Crippen molar-refractivity contribution in [2.24, 2.45) is 0 Å². The fourth-order valence-electron chi connectivity index (χ4n) is 0.923. The van der Waals surface area contributed by atoms with Gasteiger partial charge in [-0.15, -0.1) is 0 Å². The molecule has 15 heavy (non-hydrogen) atoms. The summed E-state index contributed by atoms with van der Waals surface area (Å²) in [6.07, 6.45) is 1.05. The zero-order chi connectivity index (χ0) is 11.7. The Morgan fingerprint density at radius 3 is 2.60 bits per heavy atom. The Labute approximate surface area is 90.1 Å². The molecule has 0 aromatic rings. The van der Waals surface area contributed by atoms with Crippen molar-refractivity contribution in [1.29, 1.82) is 0 Å². The Morgan fingerprint density at radius 1 is 1.40 bits per heavy atom. The first kappa shape index (κ1) is 13.9. The predicted octanol–water partition coefficient (Wildman–Crippen LogP) is 0.481. The third-order valence-electron chi connectivity index (χ3n) is 1.92. The lowest BCUT2D eigenvalue weighted by atomic mass is 10.2. The van der Waals surface area contributed by atoms with Gasteiger partial charge in [0.2, 0.25) is 5.91 Å². The number of rotatable bonds is 7. The van der Waals surface area contributed by atoms with E-state index in [-0.39, 0.29) is 18.6 Å². The number of carbonyl (C=O) groups is 2. The Balaban J connectivity index is 3.53. The molecule has 5 heteroatoms. The summed E-state index contributed by atoms with van der Waals surface area (Å²) in [6, 6.07) is 0. The highest BCUT2D eigenvalue weighted by molar-refractivity contribution is 5.81. The van der Waals surface area contributed by atoms with E-state index in [1.165, 1.54) is 0 Å². The van der Waals surface area contributed by atoms with Gasteiger partial charge < -0.3 is 14.8 Å². The van der Waals surface area contributed by atoms with Crippen LogP contribution in [0.2, 0.25) is 0 Å². The third kappa shape index (κ3) is 7.93. The average molecular weight is 217 g/mol. The van der Waals surface area contributed by atoms with Gasteiger partial charge in [0, 0.05) is 13.5 Å². The van der Waals surface area contributed by atoms with E-state index < -0.39 is 5.97 Å². The molecule has 5 nitrogen and oxygen atoms in total. The number of nitrogens with one attached hydrogen (secondary N) is 1. The predicted molar refractivity (Wildman–Crippen MR) is 55.3 cm³/mol. The summed E-state index contributed by atoms with van der Waals surface area (Å²) in [7, 11) is 1.60. The van der Waals surface area contributed by atoms with Gasteiger partial charge in [-0.2, -0.15) is 0 Å². The number of hydrogen-bond acceptors (Lipinski definition) is 4. The fourth-order valence-corrected chi connectivity index (χ4v) is 0.923. The van der Waals surface area contributed by atoms with Crippen LogP contribution in [0.4, 0.5) is 0 Å². The van der Waals surface area contributed by atoms with E-state index in [0.717, 1.165) is 0 Å². The summed E-state index contributed by atoms with van der Waals surface area (Å²) >= 11 is 0. The summed E-state index contributed by atoms with van der Waals surface area (Å²) < 4.78 is 9.65. The smallest absolute Gasteiger partial charge is 0.325 e. The molecule has 1 unspecified atom stereocenters. The number of ether oxygens (including phenoxy) is 2. The lowest BCUT2D eigenvalue weighted by Gasteiger charge is -2.08. The minimum Gasteiger partial charge on any atom is -0.465 e. The maximum Gasteiger partial charge on any atom is 0.325 e. The first-order chi connectivity index (χ1) is 7.10. The maximum atomic E-state index is 11.2. The van der Waals surface area contributed by atoms with Gasteiger partial charge in [-0.05, 0) is 20.3 Å². The zero-order valence-electron chi connectivity index (χ0n) is 9.54. The second-order valence-corrected chi connectivity index (χ2v) is 3.17. The molecule has 0 radical (unpaired) electrons. The van der Waals surface area contributed by atoms with E-state index in [2.05, 4.69) is 10.1 Å². The monoisotopic (exact) mass is 217 g/mol.